The molecule has 1 atom stereocenters. The highest BCUT2D eigenvalue weighted by Crippen LogP contribution is 2.15. The molecule has 0 spiro atoms. The Hall–Kier alpha value is -1.88. The van der Waals surface area contributed by atoms with Crippen LogP contribution in [0.1, 0.15) is 5.56 Å². The third-order valence-corrected chi connectivity index (χ3v) is 6.41. The molecule has 0 unspecified atom stereocenters. The average molecular weight is 416 g/mol. The van der Waals surface area contributed by atoms with Crippen LogP contribution in [0.2, 0.25) is 0 Å². The first-order chi connectivity index (χ1) is 12.2. The molecule has 0 radical (unpaired) electrons. The van der Waals surface area contributed by atoms with E-state index in [1.54, 1.807) is 25.1 Å². The lowest BCUT2D eigenvalue weighted by Gasteiger charge is -2.15. The lowest BCUT2D eigenvalue weighted by atomic mass is 10.2. The third kappa shape index (κ3) is 5.07. The Labute approximate surface area is 158 Å². The number of nitrogens with one attached hydrogen (secondary N) is 1. The molecule has 2 aromatic carbocycles. The standard InChI is InChI=1S/C16H17NO6S3/c1-12-7-9-14(10-8-12)26(21,22)23-16(18)15(11-24)17-25(19,20)13-5-3-2-4-6-13/h2-10,15,17,24H,11H2,1H3/t15-/m0/s1. The second-order valence-corrected chi connectivity index (χ2v) is 8.96. The Morgan fingerprint density at radius 2 is 1.58 bits per heavy atom. The topological polar surface area (TPSA) is 107 Å². The van der Waals surface area contributed by atoms with Gasteiger partial charge in [0.2, 0.25) is 10.0 Å². The van der Waals surface area contributed by atoms with Crippen LogP contribution in [0.3, 0.4) is 0 Å². The molecule has 2 rings (SSSR count). The molecule has 0 saturated carbocycles. The summed E-state index contributed by atoms with van der Waals surface area (Å²) in [5, 5.41) is 0. The molecule has 140 valence electrons. The van der Waals surface area contributed by atoms with Gasteiger partial charge in [0.1, 0.15) is 10.9 Å². The molecule has 0 aromatic heterocycles. The zero-order valence-electron chi connectivity index (χ0n) is 13.7. The van der Waals surface area contributed by atoms with Crippen LogP contribution < -0.4 is 4.72 Å². The summed E-state index contributed by atoms with van der Waals surface area (Å²) in [6.07, 6.45) is 0. The maximum absolute atomic E-state index is 12.3. The van der Waals surface area contributed by atoms with Gasteiger partial charge in [-0.1, -0.05) is 35.9 Å². The number of hydrogen-bond acceptors (Lipinski definition) is 7. The highest BCUT2D eigenvalue weighted by Gasteiger charge is 2.30. The minimum atomic E-state index is -4.37. The van der Waals surface area contributed by atoms with Crippen LogP contribution in [0.4, 0.5) is 0 Å². The minimum Gasteiger partial charge on any atom is -0.340 e. The van der Waals surface area contributed by atoms with E-state index in [1.807, 2.05) is 0 Å². The predicted octanol–water partition coefficient (Wildman–Crippen LogP) is 1.50. The first kappa shape index (κ1) is 20.4. The number of carbonyl (C=O) groups excluding carboxylic acids is 1. The van der Waals surface area contributed by atoms with Gasteiger partial charge in [-0.25, -0.2) is 13.2 Å². The number of sulfonamides is 1. The van der Waals surface area contributed by atoms with Crippen molar-refractivity contribution in [2.24, 2.45) is 0 Å². The van der Waals surface area contributed by atoms with Gasteiger partial charge in [0, 0.05) is 5.75 Å². The summed E-state index contributed by atoms with van der Waals surface area (Å²) in [6, 6.07) is 11.6. The molecule has 2 aromatic rings. The molecule has 0 aliphatic heterocycles. The van der Waals surface area contributed by atoms with Crippen LogP contribution in [0.5, 0.6) is 0 Å². The average Bonchev–Trinajstić information content (AvgIpc) is 2.60. The molecular weight excluding hydrogens is 398 g/mol. The summed E-state index contributed by atoms with van der Waals surface area (Å²) in [6.45, 7) is 1.78. The van der Waals surface area contributed by atoms with Crippen LogP contribution in [-0.4, -0.2) is 34.6 Å². The highest BCUT2D eigenvalue weighted by molar-refractivity contribution is 7.89. The van der Waals surface area contributed by atoms with Crippen LogP contribution in [0, 0.1) is 6.92 Å². The van der Waals surface area contributed by atoms with Crippen molar-refractivity contribution in [1.29, 1.82) is 0 Å². The number of rotatable bonds is 7. The predicted molar refractivity (Wildman–Crippen MR) is 98.9 cm³/mol. The van der Waals surface area contributed by atoms with E-state index in [4.69, 9.17) is 0 Å². The highest BCUT2D eigenvalue weighted by atomic mass is 32.2. The Balaban J connectivity index is 2.17. The molecule has 7 nitrogen and oxygen atoms in total. The van der Waals surface area contributed by atoms with Crippen molar-refractivity contribution in [1.82, 2.24) is 4.72 Å². The summed E-state index contributed by atoms with van der Waals surface area (Å²) in [5.41, 5.74) is 0.833. The third-order valence-electron chi connectivity index (χ3n) is 3.32. The van der Waals surface area contributed by atoms with E-state index in [0.717, 1.165) is 5.56 Å². The minimum absolute atomic E-state index is 0.0685. The molecule has 10 heteroatoms. The van der Waals surface area contributed by atoms with E-state index in [2.05, 4.69) is 21.5 Å². The maximum Gasteiger partial charge on any atom is 0.341 e. The summed E-state index contributed by atoms with van der Waals surface area (Å²) in [5.74, 6) is -1.55. The molecular formula is C16H17NO6S3. The van der Waals surface area contributed by atoms with E-state index in [-0.39, 0.29) is 15.5 Å². The van der Waals surface area contributed by atoms with Crippen molar-refractivity contribution in [3.63, 3.8) is 0 Å². The van der Waals surface area contributed by atoms with Gasteiger partial charge in [0.25, 0.3) is 0 Å². The van der Waals surface area contributed by atoms with Gasteiger partial charge in [-0.05, 0) is 31.2 Å². The zero-order valence-corrected chi connectivity index (χ0v) is 16.2. The van der Waals surface area contributed by atoms with Gasteiger partial charge >= 0.3 is 16.1 Å². The summed E-state index contributed by atoms with van der Waals surface area (Å²) >= 11 is 3.91. The molecule has 0 amide bonds. The Kier molecular flexibility index (Phi) is 6.45. The van der Waals surface area contributed by atoms with Crippen molar-refractivity contribution in [3.05, 3.63) is 60.2 Å². The molecule has 0 heterocycles. The van der Waals surface area contributed by atoms with Crippen molar-refractivity contribution in [2.45, 2.75) is 22.8 Å². The fourth-order valence-electron chi connectivity index (χ4n) is 1.93. The lowest BCUT2D eigenvalue weighted by Crippen LogP contribution is -2.43. The lowest BCUT2D eigenvalue weighted by molar-refractivity contribution is -0.135. The van der Waals surface area contributed by atoms with E-state index in [9.17, 15) is 21.6 Å². The van der Waals surface area contributed by atoms with Crippen molar-refractivity contribution in [2.75, 3.05) is 5.75 Å². The second-order valence-electron chi connectivity index (χ2n) is 5.34. The van der Waals surface area contributed by atoms with Crippen LogP contribution in [0.15, 0.2) is 64.4 Å². The zero-order chi connectivity index (χ0) is 19.4. The van der Waals surface area contributed by atoms with E-state index >= 15 is 0 Å². The largest absolute Gasteiger partial charge is 0.341 e. The Morgan fingerprint density at radius 3 is 2.12 bits per heavy atom. The summed E-state index contributed by atoms with van der Waals surface area (Å²) in [7, 11) is -8.41. The van der Waals surface area contributed by atoms with E-state index in [0.29, 0.717) is 0 Å². The van der Waals surface area contributed by atoms with Crippen LogP contribution in [0.25, 0.3) is 0 Å². The van der Waals surface area contributed by atoms with Gasteiger partial charge < -0.3 is 4.18 Å². The normalized spacial score (nSPS) is 13.2. The first-order valence-electron chi connectivity index (χ1n) is 7.39. The van der Waals surface area contributed by atoms with Gasteiger partial charge in [0.15, 0.2) is 0 Å². The first-order valence-corrected chi connectivity index (χ1v) is 10.9. The molecule has 0 fully saturated rings. The van der Waals surface area contributed by atoms with Gasteiger partial charge in [-0.2, -0.15) is 25.8 Å². The second kappa shape index (κ2) is 8.21. The maximum atomic E-state index is 12.3. The van der Waals surface area contributed by atoms with Crippen LogP contribution in [-0.2, 0) is 29.1 Å². The number of thiol groups is 1. The number of aryl methyl sites for hydroxylation is 1. The van der Waals surface area contributed by atoms with Crippen molar-refractivity contribution < 1.29 is 25.8 Å². The van der Waals surface area contributed by atoms with E-state index in [1.165, 1.54) is 36.4 Å². The number of hydrogen-bond donors (Lipinski definition) is 2. The van der Waals surface area contributed by atoms with E-state index < -0.39 is 32.2 Å². The molecule has 26 heavy (non-hydrogen) atoms. The quantitative estimate of drug-likeness (QED) is 0.524. The summed E-state index contributed by atoms with van der Waals surface area (Å²) in [4.78, 5) is 11.9. The SMILES string of the molecule is Cc1ccc(S(=O)(=O)OC(=O)[C@H](CS)NS(=O)(=O)c2ccccc2)cc1. The van der Waals surface area contributed by atoms with Gasteiger partial charge in [-0.15, -0.1) is 0 Å². The Morgan fingerprint density at radius 1 is 1.00 bits per heavy atom. The molecule has 1 N–H and O–H groups in total. The molecule has 0 aliphatic carbocycles. The Bertz CT molecular complexity index is 970. The number of benzene rings is 2. The molecule has 0 saturated heterocycles. The monoisotopic (exact) mass is 415 g/mol. The van der Waals surface area contributed by atoms with Crippen molar-refractivity contribution in [3.8, 4) is 0 Å². The fourth-order valence-corrected chi connectivity index (χ4v) is 4.40. The van der Waals surface area contributed by atoms with Gasteiger partial charge in [0.05, 0.1) is 4.90 Å². The van der Waals surface area contributed by atoms with Crippen molar-refractivity contribution >= 4 is 38.7 Å². The summed E-state index contributed by atoms with van der Waals surface area (Å²) < 4.78 is 55.5. The van der Waals surface area contributed by atoms with Crippen LogP contribution >= 0.6 is 12.6 Å². The molecule has 0 bridgehead atoms. The smallest absolute Gasteiger partial charge is 0.340 e. The molecule has 0 aliphatic rings. The fraction of sp³-hybridized carbons (Fsp3) is 0.188. The van der Waals surface area contributed by atoms with Gasteiger partial charge in [-0.3, -0.25) is 0 Å². The number of carbonyl (C=O) groups is 1.